The molecule has 156 valence electrons. The van der Waals surface area contributed by atoms with E-state index in [4.69, 9.17) is 4.74 Å². The fraction of sp³-hybridized carbons (Fsp3) is 0.409. The quantitative estimate of drug-likeness (QED) is 0.718. The van der Waals surface area contributed by atoms with Gasteiger partial charge in [0, 0.05) is 26.1 Å². The molecule has 0 bridgehead atoms. The summed E-state index contributed by atoms with van der Waals surface area (Å²) in [6.45, 7) is 1.56. The molecule has 1 heterocycles. The second kappa shape index (κ2) is 9.89. The van der Waals surface area contributed by atoms with Gasteiger partial charge in [0.1, 0.15) is 5.75 Å². The monoisotopic (exact) mass is 416 g/mol. The van der Waals surface area contributed by atoms with E-state index in [9.17, 15) is 13.2 Å². The van der Waals surface area contributed by atoms with Gasteiger partial charge in [-0.2, -0.15) is 4.31 Å². The molecular weight excluding hydrogens is 388 g/mol. The van der Waals surface area contributed by atoms with Gasteiger partial charge in [-0.25, -0.2) is 8.42 Å². The maximum absolute atomic E-state index is 12.7. The lowest BCUT2D eigenvalue weighted by atomic mass is 9.98. The zero-order chi connectivity index (χ0) is 20.7. The standard InChI is InChI=1S/C22H28N2O4S/c1-28-21-10-6-5-7-19(21)11-12-22(25)23-17-18-13-15-24(16-14-18)29(26,27)20-8-3-2-4-9-20/h2-10,18H,11-17H2,1H3,(H,23,25). The second-order valence-corrected chi connectivity index (χ2v) is 9.21. The molecule has 0 spiro atoms. The first kappa shape index (κ1) is 21.3. The number of benzene rings is 2. The summed E-state index contributed by atoms with van der Waals surface area (Å²) >= 11 is 0. The summed E-state index contributed by atoms with van der Waals surface area (Å²) < 4.78 is 32.2. The first-order valence-electron chi connectivity index (χ1n) is 9.94. The van der Waals surface area contributed by atoms with Crippen LogP contribution in [0.15, 0.2) is 59.5 Å². The van der Waals surface area contributed by atoms with Crippen LogP contribution in [0.25, 0.3) is 0 Å². The summed E-state index contributed by atoms with van der Waals surface area (Å²) in [7, 11) is -1.80. The van der Waals surface area contributed by atoms with Gasteiger partial charge in [-0.15, -0.1) is 0 Å². The average Bonchev–Trinajstić information content (AvgIpc) is 2.77. The minimum atomic E-state index is -3.43. The molecule has 1 saturated heterocycles. The van der Waals surface area contributed by atoms with Gasteiger partial charge < -0.3 is 10.1 Å². The Bertz CT molecular complexity index is 907. The molecular formula is C22H28N2O4S. The smallest absolute Gasteiger partial charge is 0.243 e. The molecule has 0 aromatic heterocycles. The van der Waals surface area contributed by atoms with Gasteiger partial charge in [0.15, 0.2) is 0 Å². The summed E-state index contributed by atoms with van der Waals surface area (Å²) in [5.41, 5.74) is 1.02. The van der Waals surface area contributed by atoms with E-state index in [-0.39, 0.29) is 5.91 Å². The van der Waals surface area contributed by atoms with Crippen LogP contribution in [0, 0.1) is 5.92 Å². The van der Waals surface area contributed by atoms with Crippen LogP contribution in [0.1, 0.15) is 24.8 Å². The van der Waals surface area contributed by atoms with E-state index >= 15 is 0 Å². The fourth-order valence-corrected chi connectivity index (χ4v) is 5.09. The van der Waals surface area contributed by atoms with Gasteiger partial charge in [-0.1, -0.05) is 36.4 Å². The van der Waals surface area contributed by atoms with Crippen LogP contribution < -0.4 is 10.1 Å². The van der Waals surface area contributed by atoms with E-state index in [0.717, 1.165) is 24.2 Å². The Hall–Kier alpha value is -2.38. The van der Waals surface area contributed by atoms with Crippen LogP contribution in [0.3, 0.4) is 0 Å². The number of carbonyl (C=O) groups excluding carboxylic acids is 1. The number of amides is 1. The molecule has 29 heavy (non-hydrogen) atoms. The van der Waals surface area contributed by atoms with Gasteiger partial charge >= 0.3 is 0 Å². The maximum atomic E-state index is 12.7. The zero-order valence-electron chi connectivity index (χ0n) is 16.7. The van der Waals surface area contributed by atoms with Crippen LogP contribution in [0.4, 0.5) is 0 Å². The molecule has 0 unspecified atom stereocenters. The Balaban J connectivity index is 1.42. The van der Waals surface area contributed by atoms with Crippen molar-refractivity contribution in [1.29, 1.82) is 0 Å². The molecule has 0 saturated carbocycles. The minimum absolute atomic E-state index is 0.00948. The largest absolute Gasteiger partial charge is 0.496 e. The average molecular weight is 417 g/mol. The summed E-state index contributed by atoms with van der Waals surface area (Å²) in [5.74, 6) is 1.11. The number of hydrogen-bond acceptors (Lipinski definition) is 4. The summed E-state index contributed by atoms with van der Waals surface area (Å²) in [4.78, 5) is 12.5. The van der Waals surface area contributed by atoms with Crippen molar-refractivity contribution < 1.29 is 17.9 Å². The van der Waals surface area contributed by atoms with Crippen molar-refractivity contribution in [3.05, 3.63) is 60.2 Å². The van der Waals surface area contributed by atoms with E-state index in [1.807, 2.05) is 30.3 Å². The minimum Gasteiger partial charge on any atom is -0.496 e. The molecule has 0 radical (unpaired) electrons. The SMILES string of the molecule is COc1ccccc1CCC(=O)NCC1CCN(S(=O)(=O)c2ccccc2)CC1. The molecule has 6 nitrogen and oxygen atoms in total. The molecule has 7 heteroatoms. The van der Waals surface area contributed by atoms with E-state index in [1.165, 1.54) is 0 Å². The molecule has 1 fully saturated rings. The number of nitrogens with zero attached hydrogens (tertiary/aromatic N) is 1. The first-order valence-corrected chi connectivity index (χ1v) is 11.4. The van der Waals surface area contributed by atoms with E-state index in [2.05, 4.69) is 5.32 Å². The van der Waals surface area contributed by atoms with E-state index < -0.39 is 10.0 Å². The van der Waals surface area contributed by atoms with Crippen molar-refractivity contribution in [2.75, 3.05) is 26.7 Å². The third-order valence-corrected chi connectivity index (χ3v) is 7.27. The summed E-state index contributed by atoms with van der Waals surface area (Å²) in [5, 5.41) is 3.00. The maximum Gasteiger partial charge on any atom is 0.243 e. The molecule has 0 atom stereocenters. The van der Waals surface area contributed by atoms with Crippen LogP contribution >= 0.6 is 0 Å². The van der Waals surface area contributed by atoms with Crippen LogP contribution in [0.2, 0.25) is 0 Å². The van der Waals surface area contributed by atoms with Crippen molar-refractivity contribution in [2.45, 2.75) is 30.6 Å². The first-order chi connectivity index (χ1) is 14.0. The number of hydrogen-bond donors (Lipinski definition) is 1. The number of nitrogens with one attached hydrogen (secondary N) is 1. The molecule has 2 aromatic carbocycles. The van der Waals surface area contributed by atoms with Gasteiger partial charge in [-0.3, -0.25) is 4.79 Å². The molecule has 3 rings (SSSR count). The van der Waals surface area contributed by atoms with E-state index in [0.29, 0.717) is 43.3 Å². The van der Waals surface area contributed by atoms with Crippen LogP contribution in [0.5, 0.6) is 5.75 Å². The highest BCUT2D eigenvalue weighted by Gasteiger charge is 2.29. The number of methoxy groups -OCH3 is 1. The Kier molecular flexibility index (Phi) is 7.28. The number of ether oxygens (including phenoxy) is 1. The zero-order valence-corrected chi connectivity index (χ0v) is 17.5. The highest BCUT2D eigenvalue weighted by molar-refractivity contribution is 7.89. The number of aryl methyl sites for hydroxylation is 1. The van der Waals surface area contributed by atoms with Crippen molar-refractivity contribution in [3.63, 3.8) is 0 Å². The molecule has 1 aliphatic heterocycles. The van der Waals surface area contributed by atoms with Gasteiger partial charge in [0.25, 0.3) is 0 Å². The predicted molar refractivity (Wildman–Crippen MR) is 112 cm³/mol. The number of rotatable bonds is 8. The summed E-state index contributed by atoms with van der Waals surface area (Å²) in [6.07, 6.45) is 2.53. The number of piperidine rings is 1. The predicted octanol–water partition coefficient (Wildman–Crippen LogP) is 2.84. The van der Waals surface area contributed by atoms with Crippen molar-refractivity contribution in [3.8, 4) is 5.75 Å². The highest BCUT2D eigenvalue weighted by Crippen LogP contribution is 2.23. The lowest BCUT2D eigenvalue weighted by Gasteiger charge is -2.31. The molecule has 1 aliphatic rings. The topological polar surface area (TPSA) is 75.7 Å². The summed E-state index contributed by atoms with van der Waals surface area (Å²) in [6, 6.07) is 16.2. The molecule has 1 amide bonds. The lowest BCUT2D eigenvalue weighted by Crippen LogP contribution is -2.41. The van der Waals surface area contributed by atoms with Crippen molar-refractivity contribution in [1.82, 2.24) is 9.62 Å². The van der Waals surface area contributed by atoms with Gasteiger partial charge in [0.05, 0.1) is 12.0 Å². The molecule has 2 aromatic rings. The normalized spacial score (nSPS) is 15.8. The Labute approximate surface area is 172 Å². The van der Waals surface area contributed by atoms with Crippen LogP contribution in [-0.2, 0) is 21.2 Å². The Morgan fingerprint density at radius 1 is 1.07 bits per heavy atom. The number of sulfonamides is 1. The third-order valence-electron chi connectivity index (χ3n) is 5.36. The van der Waals surface area contributed by atoms with Crippen molar-refractivity contribution >= 4 is 15.9 Å². The van der Waals surface area contributed by atoms with Crippen molar-refractivity contribution in [2.24, 2.45) is 5.92 Å². The van der Waals surface area contributed by atoms with Gasteiger partial charge in [0.2, 0.25) is 15.9 Å². The third kappa shape index (κ3) is 5.58. The second-order valence-electron chi connectivity index (χ2n) is 7.28. The number of carbonyl (C=O) groups is 1. The highest BCUT2D eigenvalue weighted by atomic mass is 32.2. The lowest BCUT2D eigenvalue weighted by molar-refractivity contribution is -0.121. The Morgan fingerprint density at radius 3 is 2.41 bits per heavy atom. The molecule has 1 N–H and O–H groups in total. The van der Waals surface area contributed by atoms with E-state index in [1.54, 1.807) is 35.7 Å². The fourth-order valence-electron chi connectivity index (χ4n) is 3.60. The van der Waals surface area contributed by atoms with Crippen LogP contribution in [-0.4, -0.2) is 45.4 Å². The molecule has 0 aliphatic carbocycles. The Morgan fingerprint density at radius 2 is 1.72 bits per heavy atom. The van der Waals surface area contributed by atoms with Gasteiger partial charge in [-0.05, 0) is 48.9 Å². The number of para-hydroxylation sites is 1.